The van der Waals surface area contributed by atoms with E-state index >= 15 is 0 Å². The van der Waals surface area contributed by atoms with Gasteiger partial charge in [0.2, 0.25) is 0 Å². The van der Waals surface area contributed by atoms with Gasteiger partial charge in [-0.05, 0) is 19.8 Å². The highest BCUT2D eigenvalue weighted by Gasteiger charge is 2.28. The molecule has 1 aliphatic rings. The highest BCUT2D eigenvalue weighted by atomic mass is 16.5. The van der Waals surface area contributed by atoms with Crippen molar-refractivity contribution in [1.82, 2.24) is 9.47 Å². The summed E-state index contributed by atoms with van der Waals surface area (Å²) < 4.78 is 7.37. The van der Waals surface area contributed by atoms with Crippen molar-refractivity contribution >= 4 is 5.91 Å². The summed E-state index contributed by atoms with van der Waals surface area (Å²) in [5.74, 6) is 0.225. The van der Waals surface area contributed by atoms with E-state index < -0.39 is 0 Å². The Labute approximate surface area is 125 Å². The van der Waals surface area contributed by atoms with Gasteiger partial charge in [-0.15, -0.1) is 0 Å². The smallest absolute Gasteiger partial charge is 0.259 e. The summed E-state index contributed by atoms with van der Waals surface area (Å²) in [5.41, 5.74) is 0.920. The molecule has 0 aromatic carbocycles. The fraction of sp³-hybridized carbons (Fsp3) is 0.625. The molecule has 1 aromatic rings. The predicted octanol–water partition coefficient (Wildman–Crippen LogP) is 1.58. The minimum Gasteiger partial charge on any atom is -0.381 e. The summed E-state index contributed by atoms with van der Waals surface area (Å²) in [7, 11) is 1.84. The minimum absolute atomic E-state index is 0.159. The molecule has 0 unspecified atom stereocenters. The number of hydrogen-bond donors (Lipinski definition) is 0. The van der Waals surface area contributed by atoms with Crippen LogP contribution < -0.4 is 5.43 Å². The van der Waals surface area contributed by atoms with Gasteiger partial charge >= 0.3 is 0 Å². The van der Waals surface area contributed by atoms with Crippen LogP contribution in [0, 0.1) is 12.8 Å². The molecule has 0 radical (unpaired) electrons. The second kappa shape index (κ2) is 6.89. The van der Waals surface area contributed by atoms with Gasteiger partial charge in [-0.3, -0.25) is 9.59 Å². The van der Waals surface area contributed by atoms with Crippen LogP contribution in [0.25, 0.3) is 0 Å². The number of aryl methyl sites for hydroxylation is 2. The predicted molar refractivity (Wildman–Crippen MR) is 81.5 cm³/mol. The molecule has 1 amide bonds. The fourth-order valence-corrected chi connectivity index (χ4v) is 2.61. The topological polar surface area (TPSA) is 51.5 Å². The molecule has 0 saturated carbocycles. The average molecular weight is 292 g/mol. The van der Waals surface area contributed by atoms with Crippen LogP contribution in [0.3, 0.4) is 0 Å². The van der Waals surface area contributed by atoms with Crippen LogP contribution in [0.4, 0.5) is 0 Å². The molecule has 5 nitrogen and oxygen atoms in total. The number of nitrogens with zero attached hydrogens (tertiary/aromatic N) is 2. The Kier molecular flexibility index (Phi) is 5.17. The van der Waals surface area contributed by atoms with Crippen LogP contribution in [0.1, 0.15) is 35.8 Å². The average Bonchev–Trinajstić information content (AvgIpc) is 2.91. The standard InChI is InChI=1S/C16H24N2O3/c1-4-7-21-11-13-5-6-18(9-13)16(20)14-10-17(3)12(2)8-15(14)19/h8,10,13H,4-7,9,11H2,1-3H3/t13-/m0/s1. The largest absolute Gasteiger partial charge is 0.381 e. The summed E-state index contributed by atoms with van der Waals surface area (Å²) in [4.78, 5) is 26.2. The summed E-state index contributed by atoms with van der Waals surface area (Å²) in [6.07, 6.45) is 3.59. The number of carbonyl (C=O) groups excluding carboxylic acids is 1. The second-order valence-corrected chi connectivity index (χ2v) is 5.78. The molecule has 116 valence electrons. The van der Waals surface area contributed by atoms with Crippen LogP contribution in [0.15, 0.2) is 17.1 Å². The van der Waals surface area contributed by atoms with Crippen molar-refractivity contribution in [2.75, 3.05) is 26.3 Å². The molecule has 5 heteroatoms. The third-order valence-corrected chi connectivity index (χ3v) is 3.99. The van der Waals surface area contributed by atoms with Gasteiger partial charge in [0.25, 0.3) is 5.91 Å². The molecule has 1 aliphatic heterocycles. The van der Waals surface area contributed by atoms with Gasteiger partial charge in [-0.1, -0.05) is 6.92 Å². The molecule has 2 heterocycles. The molecular weight excluding hydrogens is 268 g/mol. The summed E-state index contributed by atoms with van der Waals surface area (Å²) in [5, 5.41) is 0. The Hall–Kier alpha value is -1.62. The number of pyridine rings is 1. The van der Waals surface area contributed by atoms with Gasteiger partial charge in [0.1, 0.15) is 5.56 Å². The maximum absolute atomic E-state index is 12.5. The van der Waals surface area contributed by atoms with Crippen molar-refractivity contribution in [2.45, 2.75) is 26.7 Å². The zero-order chi connectivity index (χ0) is 15.4. The van der Waals surface area contributed by atoms with Gasteiger partial charge in [0, 0.05) is 50.6 Å². The normalized spacial score (nSPS) is 18.2. The van der Waals surface area contributed by atoms with E-state index in [1.54, 1.807) is 11.1 Å². The Balaban J connectivity index is 2.02. The first-order valence-electron chi connectivity index (χ1n) is 7.57. The third-order valence-electron chi connectivity index (χ3n) is 3.99. The quantitative estimate of drug-likeness (QED) is 0.774. The van der Waals surface area contributed by atoms with Gasteiger partial charge in [0.15, 0.2) is 5.43 Å². The number of hydrogen-bond acceptors (Lipinski definition) is 3. The second-order valence-electron chi connectivity index (χ2n) is 5.78. The summed E-state index contributed by atoms with van der Waals surface area (Å²) in [6.45, 7) is 6.78. The van der Waals surface area contributed by atoms with Crippen molar-refractivity contribution in [3.8, 4) is 0 Å². The van der Waals surface area contributed by atoms with E-state index in [0.717, 1.165) is 25.1 Å². The van der Waals surface area contributed by atoms with Crippen LogP contribution in [-0.2, 0) is 11.8 Å². The SMILES string of the molecule is CCCOC[C@H]1CCN(C(=O)c2cn(C)c(C)cc2=O)C1. The monoisotopic (exact) mass is 292 g/mol. The van der Waals surface area contributed by atoms with E-state index in [4.69, 9.17) is 4.74 Å². The van der Waals surface area contributed by atoms with Crippen LogP contribution in [0.2, 0.25) is 0 Å². The molecular formula is C16H24N2O3. The number of aromatic nitrogens is 1. The van der Waals surface area contributed by atoms with Crippen molar-refractivity contribution in [2.24, 2.45) is 13.0 Å². The maximum atomic E-state index is 12.5. The van der Waals surface area contributed by atoms with Crippen LogP contribution >= 0.6 is 0 Å². The highest BCUT2D eigenvalue weighted by molar-refractivity contribution is 5.94. The van der Waals surface area contributed by atoms with Crippen molar-refractivity contribution in [3.63, 3.8) is 0 Å². The number of rotatable bonds is 5. The zero-order valence-corrected chi connectivity index (χ0v) is 13.1. The lowest BCUT2D eigenvalue weighted by Gasteiger charge is -2.17. The van der Waals surface area contributed by atoms with E-state index in [9.17, 15) is 9.59 Å². The Morgan fingerprint density at radius 1 is 1.48 bits per heavy atom. The first kappa shape index (κ1) is 15.8. The van der Waals surface area contributed by atoms with Crippen LogP contribution in [0.5, 0.6) is 0 Å². The number of amides is 1. The fourth-order valence-electron chi connectivity index (χ4n) is 2.61. The molecule has 0 aliphatic carbocycles. The Bertz CT molecular complexity index is 565. The first-order chi connectivity index (χ1) is 10.0. The number of ether oxygens (including phenoxy) is 1. The van der Waals surface area contributed by atoms with Gasteiger partial charge < -0.3 is 14.2 Å². The number of carbonyl (C=O) groups is 1. The highest BCUT2D eigenvalue weighted by Crippen LogP contribution is 2.18. The molecule has 21 heavy (non-hydrogen) atoms. The molecule has 0 N–H and O–H groups in total. The maximum Gasteiger partial charge on any atom is 0.259 e. The van der Waals surface area contributed by atoms with E-state index in [-0.39, 0.29) is 16.9 Å². The Morgan fingerprint density at radius 2 is 2.24 bits per heavy atom. The van der Waals surface area contributed by atoms with E-state index in [1.165, 1.54) is 6.07 Å². The van der Waals surface area contributed by atoms with Crippen molar-refractivity contribution < 1.29 is 9.53 Å². The Morgan fingerprint density at radius 3 is 2.95 bits per heavy atom. The lowest BCUT2D eigenvalue weighted by molar-refractivity contribution is 0.0752. The van der Waals surface area contributed by atoms with E-state index in [2.05, 4.69) is 6.92 Å². The lowest BCUT2D eigenvalue weighted by atomic mass is 10.1. The summed E-state index contributed by atoms with van der Waals surface area (Å²) in [6, 6.07) is 1.52. The van der Waals surface area contributed by atoms with E-state index in [0.29, 0.717) is 25.6 Å². The third kappa shape index (κ3) is 3.73. The van der Waals surface area contributed by atoms with Crippen molar-refractivity contribution in [3.05, 3.63) is 33.7 Å². The van der Waals surface area contributed by atoms with Gasteiger partial charge in [0.05, 0.1) is 6.61 Å². The van der Waals surface area contributed by atoms with Crippen LogP contribution in [-0.4, -0.2) is 41.7 Å². The first-order valence-corrected chi connectivity index (χ1v) is 7.57. The van der Waals surface area contributed by atoms with Gasteiger partial charge in [-0.25, -0.2) is 0 Å². The molecule has 1 atom stereocenters. The van der Waals surface area contributed by atoms with E-state index in [1.807, 2.05) is 18.5 Å². The minimum atomic E-state index is -0.193. The van der Waals surface area contributed by atoms with Crippen molar-refractivity contribution in [1.29, 1.82) is 0 Å². The molecule has 2 rings (SSSR count). The molecule has 0 bridgehead atoms. The van der Waals surface area contributed by atoms with Gasteiger partial charge in [-0.2, -0.15) is 0 Å². The molecule has 1 saturated heterocycles. The number of likely N-dealkylation sites (tertiary alicyclic amines) is 1. The molecule has 1 aromatic heterocycles. The lowest BCUT2D eigenvalue weighted by Crippen LogP contribution is -2.33. The summed E-state index contributed by atoms with van der Waals surface area (Å²) >= 11 is 0. The zero-order valence-electron chi connectivity index (χ0n) is 13.1. The molecule has 1 fully saturated rings. The molecule has 0 spiro atoms.